The Morgan fingerprint density at radius 2 is 1.79 bits per heavy atom. The van der Waals surface area contributed by atoms with Gasteiger partial charge in [-0.05, 0) is 72.5 Å². The van der Waals surface area contributed by atoms with Crippen LogP contribution in [0.15, 0.2) is 29.1 Å². The van der Waals surface area contributed by atoms with Crippen LogP contribution in [-0.4, -0.2) is 36.1 Å². The zero-order valence-electron chi connectivity index (χ0n) is 20.7. The predicted octanol–water partition coefficient (Wildman–Crippen LogP) is 5.61. The molecule has 182 valence electrons. The van der Waals surface area contributed by atoms with Gasteiger partial charge in [0.05, 0.1) is 12.1 Å². The minimum absolute atomic E-state index is 0.0145. The van der Waals surface area contributed by atoms with Crippen LogP contribution >= 0.6 is 0 Å². The number of H-pyrrole nitrogens is 1. The first kappa shape index (κ1) is 23.2. The number of tetrazole rings is 1. The molecule has 0 bridgehead atoms. The van der Waals surface area contributed by atoms with Gasteiger partial charge in [-0.1, -0.05) is 57.6 Å². The zero-order valence-corrected chi connectivity index (χ0v) is 20.7. The van der Waals surface area contributed by atoms with E-state index in [0.717, 1.165) is 47.1 Å². The highest BCUT2D eigenvalue weighted by atomic mass is 16.1. The number of aryl methyl sites for hydroxylation is 1. The first-order valence-electron chi connectivity index (χ1n) is 13.3. The molecule has 2 heterocycles. The number of aromatic amines is 1. The van der Waals surface area contributed by atoms with Crippen LogP contribution in [0.3, 0.4) is 0 Å². The molecule has 7 nitrogen and oxygen atoms in total. The molecule has 5 rings (SSSR count). The molecule has 1 aromatic carbocycles. The number of nitrogens with one attached hydrogen (secondary N) is 1. The van der Waals surface area contributed by atoms with Crippen molar-refractivity contribution < 1.29 is 0 Å². The molecule has 0 aliphatic heterocycles. The number of benzene rings is 1. The third-order valence-corrected chi connectivity index (χ3v) is 8.00. The summed E-state index contributed by atoms with van der Waals surface area (Å²) < 4.78 is 2.12. The van der Waals surface area contributed by atoms with Crippen LogP contribution in [0, 0.1) is 6.92 Å². The molecule has 0 spiro atoms. The van der Waals surface area contributed by atoms with Gasteiger partial charge in [-0.25, -0.2) is 4.68 Å². The Morgan fingerprint density at radius 3 is 2.53 bits per heavy atom. The fourth-order valence-corrected chi connectivity index (χ4v) is 6.15. The fourth-order valence-electron chi connectivity index (χ4n) is 6.15. The summed E-state index contributed by atoms with van der Waals surface area (Å²) in [7, 11) is 0. The highest BCUT2D eigenvalue weighted by molar-refractivity contribution is 5.79. The molecule has 34 heavy (non-hydrogen) atoms. The van der Waals surface area contributed by atoms with Gasteiger partial charge in [0.15, 0.2) is 5.82 Å². The largest absolute Gasteiger partial charge is 0.322 e. The topological polar surface area (TPSA) is 79.7 Å². The van der Waals surface area contributed by atoms with Gasteiger partial charge in [0, 0.05) is 23.7 Å². The van der Waals surface area contributed by atoms with Crippen LogP contribution < -0.4 is 5.56 Å². The first-order valence-corrected chi connectivity index (χ1v) is 13.3. The Kier molecular flexibility index (Phi) is 7.09. The highest BCUT2D eigenvalue weighted by Crippen LogP contribution is 2.35. The van der Waals surface area contributed by atoms with E-state index in [0.29, 0.717) is 18.6 Å². The molecule has 2 aromatic heterocycles. The van der Waals surface area contributed by atoms with Crippen molar-refractivity contribution >= 4 is 10.9 Å². The number of nitrogens with zero attached hydrogens (tertiary/aromatic N) is 5. The van der Waals surface area contributed by atoms with Crippen molar-refractivity contribution in [1.29, 1.82) is 0 Å². The Bertz CT molecular complexity index is 1160. The van der Waals surface area contributed by atoms with Gasteiger partial charge in [0.1, 0.15) is 0 Å². The molecule has 7 heteroatoms. The second-order valence-electron chi connectivity index (χ2n) is 10.4. The summed E-state index contributed by atoms with van der Waals surface area (Å²) in [5.41, 5.74) is 2.91. The van der Waals surface area contributed by atoms with Gasteiger partial charge in [0.2, 0.25) is 0 Å². The van der Waals surface area contributed by atoms with Crippen LogP contribution in [-0.2, 0) is 6.54 Å². The van der Waals surface area contributed by atoms with E-state index in [4.69, 9.17) is 0 Å². The van der Waals surface area contributed by atoms with Crippen molar-refractivity contribution in [2.75, 3.05) is 0 Å². The summed E-state index contributed by atoms with van der Waals surface area (Å²) in [6, 6.07) is 9.30. The molecular formula is C27H38N6O. The van der Waals surface area contributed by atoms with Gasteiger partial charge in [-0.3, -0.25) is 9.69 Å². The summed E-state index contributed by atoms with van der Waals surface area (Å²) in [5, 5.41) is 14.3. The Balaban J connectivity index is 1.51. The minimum Gasteiger partial charge on any atom is -0.322 e. The molecule has 1 atom stereocenters. The van der Waals surface area contributed by atoms with Crippen molar-refractivity contribution in [2.24, 2.45) is 0 Å². The van der Waals surface area contributed by atoms with E-state index in [2.05, 4.69) is 62.1 Å². The lowest BCUT2D eigenvalue weighted by molar-refractivity contribution is 0.0821. The van der Waals surface area contributed by atoms with E-state index >= 15 is 0 Å². The number of rotatable bonds is 7. The highest BCUT2D eigenvalue weighted by Gasteiger charge is 2.33. The number of hydrogen-bond acceptors (Lipinski definition) is 5. The SMILES string of the molecule is CCC(c1nnnn1C1CCCCC1)N(Cc1cc2ccc(C)cc2[nH]c1=O)C1CCCCC1. The number of fused-ring (bicyclic) bond motifs is 1. The lowest BCUT2D eigenvalue weighted by Gasteiger charge is -2.39. The number of pyridine rings is 1. The van der Waals surface area contributed by atoms with E-state index < -0.39 is 0 Å². The Morgan fingerprint density at radius 1 is 1.06 bits per heavy atom. The fraction of sp³-hybridized carbons (Fsp3) is 0.630. The number of aromatic nitrogens is 5. The van der Waals surface area contributed by atoms with Crippen molar-refractivity contribution in [3.8, 4) is 0 Å². The van der Waals surface area contributed by atoms with Crippen LogP contribution in [0.4, 0.5) is 0 Å². The second-order valence-corrected chi connectivity index (χ2v) is 10.4. The maximum absolute atomic E-state index is 13.1. The maximum atomic E-state index is 13.1. The minimum atomic E-state index is 0.0145. The quantitative estimate of drug-likeness (QED) is 0.493. The molecule has 2 fully saturated rings. The van der Waals surface area contributed by atoms with Gasteiger partial charge in [0.25, 0.3) is 5.56 Å². The molecule has 2 saturated carbocycles. The van der Waals surface area contributed by atoms with Crippen LogP contribution in [0.1, 0.15) is 107 Å². The maximum Gasteiger partial charge on any atom is 0.252 e. The molecule has 0 radical (unpaired) electrons. The third kappa shape index (κ3) is 4.81. The van der Waals surface area contributed by atoms with E-state index in [9.17, 15) is 4.79 Å². The lowest BCUT2D eigenvalue weighted by atomic mass is 9.91. The van der Waals surface area contributed by atoms with Gasteiger partial charge in [-0.2, -0.15) is 0 Å². The van der Waals surface area contributed by atoms with Gasteiger partial charge in [-0.15, -0.1) is 5.10 Å². The van der Waals surface area contributed by atoms with Crippen molar-refractivity contribution in [3.63, 3.8) is 0 Å². The summed E-state index contributed by atoms with van der Waals surface area (Å²) in [6.07, 6.45) is 13.2. The number of hydrogen-bond donors (Lipinski definition) is 1. The van der Waals surface area contributed by atoms with E-state index in [1.165, 1.54) is 51.4 Å². The summed E-state index contributed by atoms with van der Waals surface area (Å²) in [4.78, 5) is 18.8. The third-order valence-electron chi connectivity index (χ3n) is 8.00. The van der Waals surface area contributed by atoms with Crippen LogP contribution in [0.2, 0.25) is 0 Å². The average molecular weight is 463 g/mol. The van der Waals surface area contributed by atoms with E-state index in [1.54, 1.807) is 0 Å². The van der Waals surface area contributed by atoms with Gasteiger partial charge < -0.3 is 4.98 Å². The second kappa shape index (κ2) is 10.4. The smallest absolute Gasteiger partial charge is 0.252 e. The van der Waals surface area contributed by atoms with Crippen molar-refractivity contribution in [3.05, 3.63) is 51.6 Å². The molecule has 0 amide bonds. The van der Waals surface area contributed by atoms with E-state index in [-0.39, 0.29) is 11.6 Å². The Hall–Kier alpha value is -2.54. The summed E-state index contributed by atoms with van der Waals surface area (Å²) in [6.45, 7) is 4.91. The van der Waals surface area contributed by atoms with Crippen molar-refractivity contribution in [1.82, 2.24) is 30.1 Å². The monoisotopic (exact) mass is 462 g/mol. The molecule has 1 unspecified atom stereocenters. The summed E-state index contributed by atoms with van der Waals surface area (Å²) in [5.74, 6) is 0.979. The standard InChI is InChI=1S/C27H38N6O/c1-3-25(26-29-30-31-33(26)23-12-8-5-9-13-23)32(22-10-6-4-7-11-22)18-21-17-20-15-14-19(2)16-24(20)28-27(21)34/h14-17,22-23,25H,3-13,18H2,1-2H3,(H,28,34). The molecule has 1 N–H and O–H groups in total. The molecule has 0 saturated heterocycles. The molecule has 3 aromatic rings. The molecule has 2 aliphatic rings. The first-order chi connectivity index (χ1) is 16.6. The molecular weight excluding hydrogens is 424 g/mol. The summed E-state index contributed by atoms with van der Waals surface area (Å²) >= 11 is 0. The zero-order chi connectivity index (χ0) is 23.5. The van der Waals surface area contributed by atoms with Crippen LogP contribution in [0.5, 0.6) is 0 Å². The van der Waals surface area contributed by atoms with Gasteiger partial charge >= 0.3 is 0 Å². The van der Waals surface area contributed by atoms with Crippen LogP contribution in [0.25, 0.3) is 10.9 Å². The lowest BCUT2D eigenvalue weighted by Crippen LogP contribution is -2.41. The van der Waals surface area contributed by atoms with Crippen molar-refractivity contribution in [2.45, 2.75) is 109 Å². The average Bonchev–Trinajstić information content (AvgIpc) is 3.35. The Labute approximate surface area is 201 Å². The van der Waals surface area contributed by atoms with E-state index in [1.807, 2.05) is 6.07 Å². The predicted molar refractivity (Wildman–Crippen MR) is 135 cm³/mol. The normalized spacial score (nSPS) is 19.1. The molecule has 2 aliphatic carbocycles.